The van der Waals surface area contributed by atoms with Gasteiger partial charge in [0.2, 0.25) is 5.95 Å². The Labute approximate surface area is 143 Å². The summed E-state index contributed by atoms with van der Waals surface area (Å²) in [6.45, 7) is 0.549. The van der Waals surface area contributed by atoms with Crippen molar-refractivity contribution < 1.29 is 0 Å². The van der Waals surface area contributed by atoms with E-state index in [0.717, 1.165) is 11.4 Å². The largest absolute Gasteiger partial charge is 0.349 e. The van der Waals surface area contributed by atoms with Crippen LogP contribution in [-0.2, 0) is 6.54 Å². The third-order valence-electron chi connectivity index (χ3n) is 2.94. The van der Waals surface area contributed by atoms with Gasteiger partial charge in [0.25, 0.3) is 0 Å². The number of hydrogen-bond acceptors (Lipinski definition) is 5. The van der Waals surface area contributed by atoms with Crippen LogP contribution in [0.25, 0.3) is 0 Å². The Morgan fingerprint density at radius 2 is 1.74 bits per heavy atom. The summed E-state index contributed by atoms with van der Waals surface area (Å²) in [4.78, 5) is 12.8. The molecular formula is C16H13Cl2N5. The van der Waals surface area contributed by atoms with E-state index in [1.54, 1.807) is 36.7 Å². The Morgan fingerprint density at radius 1 is 0.913 bits per heavy atom. The van der Waals surface area contributed by atoms with Crippen molar-refractivity contribution in [2.75, 3.05) is 10.6 Å². The van der Waals surface area contributed by atoms with E-state index < -0.39 is 0 Å². The molecule has 2 N–H and O–H groups in total. The summed E-state index contributed by atoms with van der Waals surface area (Å²) >= 11 is 12.0. The van der Waals surface area contributed by atoms with Crippen LogP contribution in [0.15, 0.2) is 54.9 Å². The van der Waals surface area contributed by atoms with E-state index in [9.17, 15) is 0 Å². The normalized spacial score (nSPS) is 10.3. The van der Waals surface area contributed by atoms with E-state index in [0.29, 0.717) is 28.4 Å². The maximum atomic E-state index is 5.99. The van der Waals surface area contributed by atoms with Gasteiger partial charge >= 0.3 is 0 Å². The van der Waals surface area contributed by atoms with Crippen LogP contribution < -0.4 is 10.6 Å². The molecule has 0 aliphatic heterocycles. The van der Waals surface area contributed by atoms with Crippen molar-refractivity contribution in [3.05, 3.63) is 70.6 Å². The van der Waals surface area contributed by atoms with Crippen molar-refractivity contribution in [2.45, 2.75) is 6.54 Å². The number of nitrogens with zero attached hydrogens (tertiary/aromatic N) is 3. The molecule has 3 rings (SSSR count). The Balaban J connectivity index is 1.69. The van der Waals surface area contributed by atoms with Crippen molar-refractivity contribution in [3.8, 4) is 0 Å². The molecule has 116 valence electrons. The van der Waals surface area contributed by atoms with E-state index in [1.807, 2.05) is 18.2 Å². The van der Waals surface area contributed by atoms with Gasteiger partial charge < -0.3 is 10.6 Å². The fourth-order valence-corrected chi connectivity index (χ4v) is 2.49. The van der Waals surface area contributed by atoms with Crippen molar-refractivity contribution in [1.29, 1.82) is 0 Å². The summed E-state index contributed by atoms with van der Waals surface area (Å²) in [5.41, 5.74) is 1.67. The van der Waals surface area contributed by atoms with Gasteiger partial charge in [-0.1, -0.05) is 29.3 Å². The zero-order chi connectivity index (χ0) is 16.1. The van der Waals surface area contributed by atoms with Gasteiger partial charge in [0.05, 0.1) is 12.2 Å². The second-order valence-electron chi connectivity index (χ2n) is 4.72. The lowest BCUT2D eigenvalue weighted by molar-refractivity contribution is 1.00. The van der Waals surface area contributed by atoms with Gasteiger partial charge in [-0.2, -0.15) is 4.98 Å². The molecule has 0 aliphatic carbocycles. The Hall–Kier alpha value is -2.37. The summed E-state index contributed by atoms with van der Waals surface area (Å²) in [6.07, 6.45) is 3.42. The first-order chi connectivity index (χ1) is 11.2. The minimum Gasteiger partial charge on any atom is -0.349 e. The lowest BCUT2D eigenvalue weighted by Crippen LogP contribution is -2.05. The monoisotopic (exact) mass is 345 g/mol. The third kappa shape index (κ3) is 4.55. The standard InChI is InChI=1S/C16H13Cl2N5/c17-11-7-12(18)9-14(8-11)22-15-4-6-20-16(23-15)21-10-13-3-1-2-5-19-13/h1-9H,10H2,(H2,20,21,22,23). The topological polar surface area (TPSA) is 62.7 Å². The van der Waals surface area contributed by atoms with Gasteiger partial charge in [0, 0.05) is 28.1 Å². The fourth-order valence-electron chi connectivity index (χ4n) is 1.96. The molecule has 3 aromatic rings. The number of halogens is 2. The lowest BCUT2D eigenvalue weighted by Gasteiger charge is -2.09. The van der Waals surface area contributed by atoms with Crippen molar-refractivity contribution in [1.82, 2.24) is 15.0 Å². The van der Waals surface area contributed by atoms with Gasteiger partial charge in [-0.3, -0.25) is 4.98 Å². The van der Waals surface area contributed by atoms with Gasteiger partial charge in [0.1, 0.15) is 5.82 Å². The predicted octanol–water partition coefficient (Wildman–Crippen LogP) is 4.53. The molecule has 0 fully saturated rings. The van der Waals surface area contributed by atoms with Crippen LogP contribution in [-0.4, -0.2) is 15.0 Å². The highest BCUT2D eigenvalue weighted by Crippen LogP contribution is 2.24. The molecule has 2 heterocycles. The minimum atomic E-state index is 0.508. The number of aromatic nitrogens is 3. The van der Waals surface area contributed by atoms with Gasteiger partial charge in [-0.25, -0.2) is 4.98 Å². The molecule has 0 saturated carbocycles. The molecular weight excluding hydrogens is 333 g/mol. The molecule has 5 nitrogen and oxygen atoms in total. The Kier molecular flexibility index (Phi) is 4.90. The van der Waals surface area contributed by atoms with E-state index in [-0.39, 0.29) is 0 Å². The highest BCUT2D eigenvalue weighted by molar-refractivity contribution is 6.35. The van der Waals surface area contributed by atoms with Crippen molar-refractivity contribution in [3.63, 3.8) is 0 Å². The highest BCUT2D eigenvalue weighted by Gasteiger charge is 2.03. The molecule has 23 heavy (non-hydrogen) atoms. The maximum absolute atomic E-state index is 5.99. The molecule has 2 aromatic heterocycles. The zero-order valence-electron chi connectivity index (χ0n) is 12.0. The summed E-state index contributed by atoms with van der Waals surface area (Å²) < 4.78 is 0. The average molecular weight is 346 g/mol. The van der Waals surface area contributed by atoms with Gasteiger partial charge in [-0.05, 0) is 36.4 Å². The molecule has 0 atom stereocenters. The molecule has 0 saturated heterocycles. The van der Waals surface area contributed by atoms with E-state index >= 15 is 0 Å². The molecule has 0 amide bonds. The van der Waals surface area contributed by atoms with Crippen LogP contribution >= 0.6 is 23.2 Å². The summed E-state index contributed by atoms with van der Waals surface area (Å²) in [6, 6.07) is 12.7. The number of benzene rings is 1. The number of anilines is 3. The lowest BCUT2D eigenvalue weighted by atomic mass is 10.3. The predicted molar refractivity (Wildman–Crippen MR) is 93.3 cm³/mol. The first-order valence-electron chi connectivity index (χ1n) is 6.89. The fraction of sp³-hybridized carbons (Fsp3) is 0.0625. The number of hydrogen-bond donors (Lipinski definition) is 2. The zero-order valence-corrected chi connectivity index (χ0v) is 13.5. The van der Waals surface area contributed by atoms with Crippen LogP contribution in [0, 0.1) is 0 Å². The van der Waals surface area contributed by atoms with Crippen molar-refractivity contribution in [2.24, 2.45) is 0 Å². The van der Waals surface area contributed by atoms with E-state index in [4.69, 9.17) is 23.2 Å². The Bertz CT molecular complexity index is 775. The van der Waals surface area contributed by atoms with Crippen LogP contribution in [0.3, 0.4) is 0 Å². The average Bonchev–Trinajstić information content (AvgIpc) is 2.53. The van der Waals surface area contributed by atoms with Gasteiger partial charge in [0.15, 0.2) is 0 Å². The highest BCUT2D eigenvalue weighted by atomic mass is 35.5. The number of nitrogens with one attached hydrogen (secondary N) is 2. The Morgan fingerprint density at radius 3 is 2.48 bits per heavy atom. The minimum absolute atomic E-state index is 0.508. The van der Waals surface area contributed by atoms with Crippen LogP contribution in [0.5, 0.6) is 0 Å². The molecule has 0 unspecified atom stereocenters. The number of rotatable bonds is 5. The second-order valence-corrected chi connectivity index (χ2v) is 5.60. The smallest absolute Gasteiger partial charge is 0.224 e. The first-order valence-corrected chi connectivity index (χ1v) is 7.64. The molecule has 0 radical (unpaired) electrons. The molecule has 0 spiro atoms. The van der Waals surface area contributed by atoms with Crippen LogP contribution in [0.2, 0.25) is 10.0 Å². The molecule has 0 bridgehead atoms. The molecule has 7 heteroatoms. The summed E-state index contributed by atoms with van der Waals surface area (Å²) in [5, 5.41) is 7.40. The molecule has 1 aromatic carbocycles. The second kappa shape index (κ2) is 7.26. The van der Waals surface area contributed by atoms with Crippen LogP contribution in [0.4, 0.5) is 17.5 Å². The van der Waals surface area contributed by atoms with Crippen molar-refractivity contribution >= 4 is 40.7 Å². The number of pyridine rings is 1. The van der Waals surface area contributed by atoms with Gasteiger partial charge in [-0.15, -0.1) is 0 Å². The SMILES string of the molecule is Clc1cc(Cl)cc(Nc2ccnc(NCc3ccccn3)n2)c1. The summed E-state index contributed by atoms with van der Waals surface area (Å²) in [7, 11) is 0. The summed E-state index contributed by atoms with van der Waals surface area (Å²) in [5.74, 6) is 1.15. The maximum Gasteiger partial charge on any atom is 0.224 e. The third-order valence-corrected chi connectivity index (χ3v) is 3.38. The van der Waals surface area contributed by atoms with E-state index in [1.165, 1.54) is 0 Å². The first kappa shape index (κ1) is 15.5. The van der Waals surface area contributed by atoms with E-state index in [2.05, 4.69) is 25.6 Å². The van der Waals surface area contributed by atoms with Crippen LogP contribution in [0.1, 0.15) is 5.69 Å². The molecule has 0 aliphatic rings. The quantitative estimate of drug-likeness (QED) is 0.710.